The first-order valence-electron chi connectivity index (χ1n) is 8.91. The van der Waals surface area contributed by atoms with Gasteiger partial charge in [0.25, 0.3) is 0 Å². The Morgan fingerprint density at radius 1 is 1.19 bits per heavy atom. The second-order valence-corrected chi connectivity index (χ2v) is 7.43. The Morgan fingerprint density at radius 2 is 1.85 bits per heavy atom. The third kappa shape index (κ3) is 6.38. The normalized spacial score (nSPS) is 11.7. The molecule has 0 atom stereocenters. The molecule has 0 spiro atoms. The quantitative estimate of drug-likeness (QED) is 0.445. The van der Waals surface area contributed by atoms with Crippen LogP contribution in [0.4, 0.5) is 0 Å². The standard InChI is InChI=1S/C21H26ClN3OS/c1-5-25(4)11-10-17-12-15(3)19(13-14(17)2)26-21(27)24-20(23)16-6-8-18(22)9-7-16/h6-9,12-13H,5,10-11H2,1-4H3,(H2,23,24,27)/p+1. The van der Waals surface area contributed by atoms with E-state index in [0.29, 0.717) is 10.6 Å². The average Bonchev–Trinajstić information content (AvgIpc) is 2.63. The molecule has 1 N–H and O–H groups in total. The third-order valence-electron chi connectivity index (χ3n) is 4.47. The molecule has 0 aromatic heterocycles. The van der Waals surface area contributed by atoms with E-state index in [4.69, 9.17) is 21.7 Å². The van der Waals surface area contributed by atoms with Crippen LogP contribution in [0.2, 0.25) is 5.02 Å². The van der Waals surface area contributed by atoms with Gasteiger partial charge in [-0.1, -0.05) is 24.6 Å². The third-order valence-corrected chi connectivity index (χ3v) is 4.94. The van der Waals surface area contributed by atoms with Gasteiger partial charge in [-0.15, -0.1) is 4.99 Å². The molecule has 0 saturated heterocycles. The van der Waals surface area contributed by atoms with Gasteiger partial charge in [0.15, 0.2) is 5.84 Å². The molecule has 0 aliphatic rings. The Morgan fingerprint density at radius 3 is 2.48 bits per heavy atom. The van der Waals surface area contributed by atoms with Crippen molar-refractivity contribution < 1.29 is 4.74 Å². The van der Waals surface area contributed by atoms with Crippen molar-refractivity contribution in [2.24, 2.45) is 4.99 Å². The molecule has 2 aromatic carbocycles. The molecule has 0 radical (unpaired) electrons. The number of hydrogen-bond donors (Lipinski definition) is 1. The molecule has 27 heavy (non-hydrogen) atoms. The number of benzene rings is 2. The van der Waals surface area contributed by atoms with Crippen molar-refractivity contribution in [2.45, 2.75) is 27.2 Å². The predicted octanol–water partition coefficient (Wildman–Crippen LogP) is 4.22. The highest BCUT2D eigenvalue weighted by Gasteiger charge is 2.12. The molecule has 144 valence electrons. The van der Waals surface area contributed by atoms with Crippen LogP contribution in [0.15, 0.2) is 41.4 Å². The Labute approximate surface area is 172 Å². The number of aryl methyl sites for hydroxylation is 2. The first-order chi connectivity index (χ1) is 12.8. The summed E-state index contributed by atoms with van der Waals surface area (Å²) in [6.07, 6.45) is 1.01. The van der Waals surface area contributed by atoms with Gasteiger partial charge in [0.1, 0.15) is 5.75 Å². The second kappa shape index (κ2) is 9.93. The molecule has 6 heteroatoms. The number of nitrogens with one attached hydrogen (secondary N) is 1. The molecule has 0 bridgehead atoms. The minimum atomic E-state index is 0.102. The second-order valence-electron chi connectivity index (χ2n) is 6.56. The maximum absolute atomic E-state index is 8.09. The SMILES string of the molecule is CCN(C)CCc1cc(C)c(OC([SH2+])=NC(=N)c2ccc(Cl)cc2)cc1C. The number of halogens is 1. The van der Waals surface area contributed by atoms with Crippen LogP contribution in [-0.2, 0) is 19.0 Å². The summed E-state index contributed by atoms with van der Waals surface area (Å²) in [6.45, 7) is 8.34. The zero-order valence-electron chi connectivity index (χ0n) is 16.3. The van der Waals surface area contributed by atoms with Crippen LogP contribution >= 0.6 is 11.6 Å². The number of likely N-dealkylation sites (N-methyl/N-ethyl adjacent to an activating group) is 1. The summed E-state index contributed by atoms with van der Waals surface area (Å²) in [7, 11) is 2.13. The molecule has 4 nitrogen and oxygen atoms in total. The Kier molecular flexibility index (Phi) is 7.90. The van der Waals surface area contributed by atoms with Crippen LogP contribution in [0, 0.1) is 19.3 Å². The van der Waals surface area contributed by atoms with Gasteiger partial charge in [0.2, 0.25) is 0 Å². The monoisotopic (exact) mass is 404 g/mol. The number of rotatable bonds is 6. The smallest absolute Gasteiger partial charge is 0.402 e. The summed E-state index contributed by atoms with van der Waals surface area (Å²) in [5.74, 6) is 0.836. The van der Waals surface area contributed by atoms with E-state index in [-0.39, 0.29) is 11.1 Å². The fourth-order valence-electron chi connectivity index (χ4n) is 2.60. The van der Waals surface area contributed by atoms with E-state index < -0.39 is 0 Å². The zero-order chi connectivity index (χ0) is 20.0. The molecule has 0 saturated carbocycles. The number of aliphatic imine (C=N–C) groups is 1. The highest BCUT2D eigenvalue weighted by molar-refractivity contribution is 7.77. The zero-order valence-corrected chi connectivity index (χ0v) is 18.0. The lowest BCUT2D eigenvalue weighted by atomic mass is 10.0. The molecule has 0 heterocycles. The minimum absolute atomic E-state index is 0.102. The predicted molar refractivity (Wildman–Crippen MR) is 119 cm³/mol. The van der Waals surface area contributed by atoms with Crippen molar-refractivity contribution >= 4 is 35.3 Å². The number of nitrogens with zero attached hydrogens (tertiary/aromatic N) is 2. The Balaban J connectivity index is 2.10. The summed E-state index contributed by atoms with van der Waals surface area (Å²) in [6, 6.07) is 11.2. The van der Waals surface area contributed by atoms with Gasteiger partial charge in [-0.25, -0.2) is 0 Å². The van der Waals surface area contributed by atoms with E-state index >= 15 is 0 Å². The molecule has 0 unspecified atom stereocenters. The van der Waals surface area contributed by atoms with E-state index in [2.05, 4.69) is 49.5 Å². The summed E-state index contributed by atoms with van der Waals surface area (Å²) in [5.41, 5.74) is 4.22. The molecule has 0 amide bonds. The van der Waals surface area contributed by atoms with Crippen molar-refractivity contribution in [3.05, 3.63) is 63.7 Å². The first-order valence-corrected chi connectivity index (χ1v) is 9.79. The van der Waals surface area contributed by atoms with Crippen molar-refractivity contribution in [1.29, 1.82) is 5.41 Å². The Bertz CT molecular complexity index is 834. The fraction of sp³-hybridized carbons (Fsp3) is 0.333. The number of amidine groups is 1. The highest BCUT2D eigenvalue weighted by atomic mass is 35.5. The van der Waals surface area contributed by atoms with Crippen molar-refractivity contribution in [2.75, 3.05) is 20.1 Å². The molecule has 2 aromatic rings. The van der Waals surface area contributed by atoms with Crippen molar-refractivity contribution in [1.82, 2.24) is 4.90 Å². The van der Waals surface area contributed by atoms with Gasteiger partial charge >= 0.3 is 5.23 Å². The van der Waals surface area contributed by atoms with E-state index in [9.17, 15) is 0 Å². The molecule has 2 rings (SSSR count). The van der Waals surface area contributed by atoms with Crippen molar-refractivity contribution in [3.63, 3.8) is 0 Å². The van der Waals surface area contributed by atoms with Gasteiger partial charge in [-0.05, 0) is 80.9 Å². The maximum atomic E-state index is 8.09. The molecule has 0 aliphatic heterocycles. The summed E-state index contributed by atoms with van der Waals surface area (Å²) < 4.78 is 5.83. The van der Waals surface area contributed by atoms with E-state index in [1.54, 1.807) is 24.3 Å². The van der Waals surface area contributed by atoms with Crippen LogP contribution in [-0.4, -0.2) is 36.1 Å². The molecular weight excluding hydrogens is 378 g/mol. The largest absolute Gasteiger partial charge is 0.414 e. The topological polar surface area (TPSA) is 48.7 Å². The Hall–Kier alpha value is -1.82. The highest BCUT2D eigenvalue weighted by Crippen LogP contribution is 2.24. The van der Waals surface area contributed by atoms with Crippen LogP contribution in [0.1, 0.15) is 29.2 Å². The average molecular weight is 405 g/mol. The first kappa shape index (κ1) is 21.5. The van der Waals surface area contributed by atoms with Gasteiger partial charge < -0.3 is 9.64 Å². The lowest BCUT2D eigenvalue weighted by Gasteiger charge is -2.16. The van der Waals surface area contributed by atoms with E-state index in [1.807, 2.05) is 13.0 Å². The molecule has 0 aliphatic carbocycles. The summed E-state index contributed by atoms with van der Waals surface area (Å²) >= 11 is 9.25. The van der Waals surface area contributed by atoms with Gasteiger partial charge in [0, 0.05) is 17.1 Å². The van der Waals surface area contributed by atoms with Crippen LogP contribution in [0.5, 0.6) is 5.75 Å². The molecule has 0 fully saturated rings. The minimum Gasteiger partial charge on any atom is -0.402 e. The van der Waals surface area contributed by atoms with Crippen LogP contribution in [0.25, 0.3) is 0 Å². The summed E-state index contributed by atoms with van der Waals surface area (Å²) in [4.78, 5) is 6.47. The molecular formula is C21H27ClN3OS+. The lowest BCUT2D eigenvalue weighted by Crippen LogP contribution is -2.20. The van der Waals surface area contributed by atoms with Gasteiger partial charge in [0.05, 0.1) is 12.6 Å². The number of ether oxygens (including phenoxy) is 1. The van der Waals surface area contributed by atoms with E-state index in [1.165, 1.54) is 11.1 Å². The number of hydrogen-bond acceptors (Lipinski definition) is 3. The van der Waals surface area contributed by atoms with Crippen LogP contribution < -0.4 is 4.74 Å². The van der Waals surface area contributed by atoms with E-state index in [0.717, 1.165) is 30.8 Å². The fourth-order valence-corrected chi connectivity index (χ4v) is 2.95. The summed E-state index contributed by atoms with van der Waals surface area (Å²) in [5, 5.41) is 8.97. The van der Waals surface area contributed by atoms with Gasteiger partial charge in [-0.2, -0.15) is 0 Å². The maximum Gasteiger partial charge on any atom is 0.414 e. The van der Waals surface area contributed by atoms with Crippen molar-refractivity contribution in [3.8, 4) is 5.75 Å². The van der Waals surface area contributed by atoms with Gasteiger partial charge in [-0.3, -0.25) is 5.41 Å². The lowest BCUT2D eigenvalue weighted by molar-refractivity contribution is 0.357. The van der Waals surface area contributed by atoms with Crippen LogP contribution in [0.3, 0.4) is 0 Å².